The average molecular weight is 342 g/mol. The monoisotopic (exact) mass is 342 g/mol. The van der Waals surface area contributed by atoms with Crippen LogP contribution in [-0.4, -0.2) is 47.4 Å². The third kappa shape index (κ3) is 3.65. The van der Waals surface area contributed by atoms with Crippen molar-refractivity contribution in [3.05, 3.63) is 22.1 Å². The van der Waals surface area contributed by atoms with Gasteiger partial charge in [0.2, 0.25) is 5.92 Å². The van der Waals surface area contributed by atoms with Gasteiger partial charge in [0.15, 0.2) is 0 Å². The second-order valence-electron chi connectivity index (χ2n) is 6.41. The average Bonchev–Trinajstić information content (AvgIpc) is 3.08. The first kappa shape index (κ1) is 16.7. The van der Waals surface area contributed by atoms with Crippen molar-refractivity contribution in [2.24, 2.45) is 0 Å². The van der Waals surface area contributed by atoms with Crippen LogP contribution in [-0.2, 0) is 4.74 Å². The van der Waals surface area contributed by atoms with Crippen LogP contribution in [0.4, 0.5) is 19.3 Å². The van der Waals surface area contributed by atoms with Gasteiger partial charge in [-0.3, -0.25) is 4.79 Å². The lowest BCUT2D eigenvalue weighted by atomic mass is 10.2. The van der Waals surface area contributed by atoms with E-state index in [1.54, 1.807) is 13.1 Å². The molecule has 2 N–H and O–H groups in total. The Morgan fingerprint density at radius 2 is 2.29 bits per heavy atom. The molecule has 2 heterocycles. The zero-order chi connectivity index (χ0) is 17.3. The molecule has 1 saturated heterocycles. The predicted octanol–water partition coefficient (Wildman–Crippen LogP) is 1.57. The normalized spacial score (nSPS) is 25.7. The minimum absolute atomic E-state index is 0.204. The number of carbonyl (C=O) groups excluding carboxylic acids is 1. The standard InChI is InChI=1S/C15H20F2N4O3/c1-9-12(7-18-20-13(9)22)21-5-3-11(8-21)24-14(23)19-10-2-4-15(16,17)6-10/h7,10-11H,2-6,8H2,1H3,(H,19,23)(H,20,22)/t10?,11-/m1/s1. The molecule has 0 spiro atoms. The molecule has 2 fully saturated rings. The molecule has 1 aliphatic carbocycles. The number of alkyl halides is 2. The quantitative estimate of drug-likeness (QED) is 0.871. The Labute approximate surface area is 137 Å². The highest BCUT2D eigenvalue weighted by molar-refractivity contribution is 5.68. The molecule has 1 unspecified atom stereocenters. The van der Waals surface area contributed by atoms with Gasteiger partial charge in [-0.2, -0.15) is 5.10 Å². The third-order valence-electron chi connectivity index (χ3n) is 4.56. The molecule has 1 aliphatic heterocycles. The van der Waals surface area contributed by atoms with Crippen LogP contribution in [0, 0.1) is 6.92 Å². The summed E-state index contributed by atoms with van der Waals surface area (Å²) < 4.78 is 31.6. The van der Waals surface area contributed by atoms with Crippen LogP contribution in [0.5, 0.6) is 0 Å². The topological polar surface area (TPSA) is 87.3 Å². The summed E-state index contributed by atoms with van der Waals surface area (Å²) in [6.45, 7) is 2.78. The number of H-pyrrole nitrogens is 1. The van der Waals surface area contributed by atoms with Gasteiger partial charge in [0.25, 0.3) is 5.56 Å². The fourth-order valence-electron chi connectivity index (χ4n) is 3.24. The highest BCUT2D eigenvalue weighted by atomic mass is 19.3. The highest BCUT2D eigenvalue weighted by Gasteiger charge is 2.40. The molecule has 1 saturated carbocycles. The van der Waals surface area contributed by atoms with Gasteiger partial charge >= 0.3 is 6.09 Å². The van der Waals surface area contributed by atoms with Crippen molar-refractivity contribution in [2.45, 2.75) is 50.7 Å². The Hall–Kier alpha value is -2.19. The number of nitrogens with zero attached hydrogens (tertiary/aromatic N) is 2. The van der Waals surface area contributed by atoms with E-state index in [0.717, 1.165) is 0 Å². The van der Waals surface area contributed by atoms with E-state index in [0.29, 0.717) is 30.8 Å². The molecular formula is C15H20F2N4O3. The number of aromatic amines is 1. The number of nitrogens with one attached hydrogen (secondary N) is 2. The molecule has 1 aromatic rings. The number of hydrogen-bond donors (Lipinski definition) is 2. The fraction of sp³-hybridized carbons (Fsp3) is 0.667. The van der Waals surface area contributed by atoms with Gasteiger partial charge in [-0.25, -0.2) is 18.7 Å². The van der Waals surface area contributed by atoms with E-state index >= 15 is 0 Å². The minimum atomic E-state index is -2.70. The summed E-state index contributed by atoms with van der Waals surface area (Å²) in [7, 11) is 0. The molecule has 7 nitrogen and oxygen atoms in total. The number of amides is 1. The van der Waals surface area contributed by atoms with Gasteiger partial charge in [0.1, 0.15) is 6.10 Å². The lowest BCUT2D eigenvalue weighted by Crippen LogP contribution is -2.37. The Kier molecular flexibility index (Phi) is 4.42. The molecule has 1 amide bonds. The van der Waals surface area contributed by atoms with Crippen LogP contribution in [0.1, 0.15) is 31.2 Å². The summed E-state index contributed by atoms with van der Waals surface area (Å²) >= 11 is 0. The molecule has 9 heteroatoms. The molecule has 0 bridgehead atoms. The number of anilines is 1. The van der Waals surface area contributed by atoms with Crippen LogP contribution in [0.15, 0.2) is 11.0 Å². The van der Waals surface area contributed by atoms with Crippen molar-refractivity contribution >= 4 is 11.8 Å². The van der Waals surface area contributed by atoms with Gasteiger partial charge in [0, 0.05) is 37.4 Å². The van der Waals surface area contributed by atoms with Crippen molar-refractivity contribution in [3.63, 3.8) is 0 Å². The molecule has 0 radical (unpaired) electrons. The smallest absolute Gasteiger partial charge is 0.407 e. The maximum Gasteiger partial charge on any atom is 0.407 e. The van der Waals surface area contributed by atoms with Crippen LogP contribution in [0.2, 0.25) is 0 Å². The number of halogens is 2. The minimum Gasteiger partial charge on any atom is -0.444 e. The van der Waals surface area contributed by atoms with E-state index in [-0.39, 0.29) is 30.9 Å². The largest absolute Gasteiger partial charge is 0.444 e. The zero-order valence-corrected chi connectivity index (χ0v) is 13.3. The van der Waals surface area contributed by atoms with E-state index in [9.17, 15) is 18.4 Å². The Morgan fingerprint density at radius 3 is 3.00 bits per heavy atom. The number of rotatable bonds is 3. The van der Waals surface area contributed by atoms with Crippen molar-refractivity contribution in [2.75, 3.05) is 18.0 Å². The van der Waals surface area contributed by atoms with Crippen molar-refractivity contribution < 1.29 is 18.3 Å². The predicted molar refractivity (Wildman–Crippen MR) is 82.4 cm³/mol. The SMILES string of the molecule is Cc1c(N2CC[C@@H](OC(=O)NC3CCC(F)(F)C3)C2)cn[nH]c1=O. The number of carbonyl (C=O) groups is 1. The summed E-state index contributed by atoms with van der Waals surface area (Å²) in [6.07, 6.45) is 0.896. The van der Waals surface area contributed by atoms with Gasteiger partial charge in [0.05, 0.1) is 18.4 Å². The fourth-order valence-corrected chi connectivity index (χ4v) is 3.24. The highest BCUT2D eigenvalue weighted by Crippen LogP contribution is 2.34. The van der Waals surface area contributed by atoms with Crippen molar-refractivity contribution in [1.29, 1.82) is 0 Å². The number of ether oxygens (including phenoxy) is 1. The van der Waals surface area contributed by atoms with Gasteiger partial charge in [-0.05, 0) is 13.3 Å². The van der Waals surface area contributed by atoms with Crippen molar-refractivity contribution in [3.8, 4) is 0 Å². The lowest BCUT2D eigenvalue weighted by molar-refractivity contribution is 0.00680. The van der Waals surface area contributed by atoms with Crippen LogP contribution >= 0.6 is 0 Å². The van der Waals surface area contributed by atoms with Gasteiger partial charge in [-0.1, -0.05) is 0 Å². The van der Waals surface area contributed by atoms with E-state index in [1.165, 1.54) is 0 Å². The number of alkyl carbamates (subject to hydrolysis) is 1. The lowest BCUT2D eigenvalue weighted by Gasteiger charge is -2.20. The van der Waals surface area contributed by atoms with Crippen molar-refractivity contribution in [1.82, 2.24) is 15.5 Å². The molecule has 1 aromatic heterocycles. The van der Waals surface area contributed by atoms with Crippen LogP contribution in [0.25, 0.3) is 0 Å². The Balaban J connectivity index is 1.52. The first-order valence-electron chi connectivity index (χ1n) is 7.98. The molecule has 2 aliphatic rings. The van der Waals surface area contributed by atoms with E-state index < -0.39 is 18.1 Å². The summed E-state index contributed by atoms with van der Waals surface area (Å²) in [5.74, 6) is -2.70. The summed E-state index contributed by atoms with van der Waals surface area (Å²) in [5, 5.41) is 8.66. The van der Waals surface area contributed by atoms with Crippen LogP contribution < -0.4 is 15.8 Å². The molecule has 3 rings (SSSR count). The first-order chi connectivity index (χ1) is 11.3. The van der Waals surface area contributed by atoms with Gasteiger partial charge in [-0.15, -0.1) is 0 Å². The summed E-state index contributed by atoms with van der Waals surface area (Å²) in [6, 6.07) is -0.538. The maximum atomic E-state index is 13.1. The second-order valence-corrected chi connectivity index (χ2v) is 6.41. The second kappa shape index (κ2) is 6.37. The molecule has 0 aromatic carbocycles. The summed E-state index contributed by atoms with van der Waals surface area (Å²) in [5.41, 5.74) is 1.01. The Morgan fingerprint density at radius 1 is 1.50 bits per heavy atom. The molecule has 24 heavy (non-hydrogen) atoms. The van der Waals surface area contributed by atoms with E-state index in [1.807, 2.05) is 4.90 Å². The van der Waals surface area contributed by atoms with E-state index in [4.69, 9.17) is 4.74 Å². The molecular weight excluding hydrogens is 322 g/mol. The molecule has 2 atom stereocenters. The van der Waals surface area contributed by atoms with E-state index in [2.05, 4.69) is 15.5 Å². The Bertz CT molecular complexity index is 679. The third-order valence-corrected chi connectivity index (χ3v) is 4.56. The maximum absolute atomic E-state index is 13.1. The number of aromatic nitrogens is 2. The zero-order valence-electron chi connectivity index (χ0n) is 13.3. The van der Waals surface area contributed by atoms with Crippen LogP contribution in [0.3, 0.4) is 0 Å². The molecule has 132 valence electrons. The first-order valence-corrected chi connectivity index (χ1v) is 7.98. The summed E-state index contributed by atoms with van der Waals surface area (Å²) in [4.78, 5) is 25.4. The number of hydrogen-bond acceptors (Lipinski definition) is 5. The van der Waals surface area contributed by atoms with Gasteiger partial charge < -0.3 is 15.0 Å².